The van der Waals surface area contributed by atoms with E-state index in [0.29, 0.717) is 6.04 Å². The number of hydrogen-bond acceptors (Lipinski definition) is 2. The van der Waals surface area contributed by atoms with Gasteiger partial charge in [-0.2, -0.15) is 0 Å². The Morgan fingerprint density at radius 3 is 2.04 bits per heavy atom. The maximum atomic E-state index is 9.73. The van der Waals surface area contributed by atoms with E-state index >= 15 is 0 Å². The van der Waals surface area contributed by atoms with Crippen molar-refractivity contribution in [1.29, 1.82) is 0 Å². The van der Waals surface area contributed by atoms with E-state index in [0.717, 1.165) is 19.5 Å². The van der Waals surface area contributed by atoms with Crippen LogP contribution in [0.2, 0.25) is 0 Å². The standard InChI is InChI=1S/C21H25NO/c1-16(23)15-22-14-13-20(17(22)2)21(18-9-5-3-6-10-18)19-11-7-4-8-12-19/h3-12,16-17,23H,13-15H2,1-2H3. The summed E-state index contributed by atoms with van der Waals surface area (Å²) in [5.41, 5.74) is 5.38. The Balaban J connectivity index is 2.05. The zero-order valence-electron chi connectivity index (χ0n) is 13.9. The first-order chi connectivity index (χ1) is 11.2. The van der Waals surface area contributed by atoms with Crippen LogP contribution in [0.15, 0.2) is 66.2 Å². The molecule has 1 aliphatic heterocycles. The van der Waals surface area contributed by atoms with E-state index in [4.69, 9.17) is 0 Å². The molecule has 0 radical (unpaired) electrons. The molecule has 1 heterocycles. The van der Waals surface area contributed by atoms with Gasteiger partial charge in [0.2, 0.25) is 0 Å². The average Bonchev–Trinajstić information content (AvgIpc) is 2.90. The van der Waals surface area contributed by atoms with E-state index in [1.807, 2.05) is 6.92 Å². The Bertz CT molecular complexity index is 619. The molecule has 0 spiro atoms. The Kier molecular flexibility index (Phi) is 4.94. The van der Waals surface area contributed by atoms with Gasteiger partial charge in [0.1, 0.15) is 0 Å². The molecule has 0 aromatic heterocycles. The van der Waals surface area contributed by atoms with Crippen LogP contribution in [-0.2, 0) is 0 Å². The van der Waals surface area contributed by atoms with Gasteiger partial charge in [0.25, 0.3) is 0 Å². The molecule has 2 nitrogen and oxygen atoms in total. The SMILES string of the molecule is CC(O)CN1CCC(=C(c2ccccc2)c2ccccc2)C1C. The quantitative estimate of drug-likeness (QED) is 0.924. The van der Waals surface area contributed by atoms with Crippen molar-refractivity contribution in [2.75, 3.05) is 13.1 Å². The van der Waals surface area contributed by atoms with Gasteiger partial charge < -0.3 is 5.11 Å². The third kappa shape index (κ3) is 3.54. The fraction of sp³-hybridized carbons (Fsp3) is 0.333. The zero-order valence-corrected chi connectivity index (χ0v) is 13.9. The summed E-state index contributed by atoms with van der Waals surface area (Å²) < 4.78 is 0. The smallest absolute Gasteiger partial charge is 0.0639 e. The van der Waals surface area contributed by atoms with Crippen molar-refractivity contribution in [1.82, 2.24) is 4.90 Å². The molecule has 0 saturated carbocycles. The third-order valence-corrected chi connectivity index (χ3v) is 4.67. The molecule has 0 amide bonds. The second kappa shape index (κ2) is 7.12. The molecule has 2 heteroatoms. The van der Waals surface area contributed by atoms with Gasteiger partial charge in [0.15, 0.2) is 0 Å². The van der Waals surface area contributed by atoms with Crippen LogP contribution in [0.25, 0.3) is 5.57 Å². The number of nitrogens with zero attached hydrogens (tertiary/aromatic N) is 1. The minimum Gasteiger partial charge on any atom is -0.392 e. The fourth-order valence-electron chi connectivity index (χ4n) is 3.56. The highest BCUT2D eigenvalue weighted by molar-refractivity contribution is 5.83. The molecule has 1 saturated heterocycles. The summed E-state index contributed by atoms with van der Waals surface area (Å²) in [4.78, 5) is 2.38. The largest absolute Gasteiger partial charge is 0.392 e. The molecule has 0 bridgehead atoms. The number of rotatable bonds is 4. The lowest BCUT2D eigenvalue weighted by Gasteiger charge is -2.24. The van der Waals surface area contributed by atoms with Gasteiger partial charge in [-0.25, -0.2) is 0 Å². The molecule has 120 valence electrons. The highest BCUT2D eigenvalue weighted by Gasteiger charge is 2.29. The highest BCUT2D eigenvalue weighted by atomic mass is 16.3. The summed E-state index contributed by atoms with van der Waals surface area (Å²) in [6.07, 6.45) is 0.779. The average molecular weight is 307 g/mol. The monoisotopic (exact) mass is 307 g/mol. The molecule has 23 heavy (non-hydrogen) atoms. The maximum absolute atomic E-state index is 9.73. The molecule has 2 unspecified atom stereocenters. The molecule has 2 aromatic carbocycles. The van der Waals surface area contributed by atoms with E-state index in [1.54, 1.807) is 0 Å². The molecular formula is C21H25NO. The molecule has 0 aliphatic carbocycles. The summed E-state index contributed by atoms with van der Waals surface area (Å²) in [6.45, 7) is 5.88. The topological polar surface area (TPSA) is 23.5 Å². The predicted molar refractivity (Wildman–Crippen MR) is 96.2 cm³/mol. The molecule has 3 rings (SSSR count). The van der Waals surface area contributed by atoms with Crippen LogP contribution in [-0.4, -0.2) is 35.2 Å². The van der Waals surface area contributed by atoms with Gasteiger partial charge in [-0.05, 0) is 42.5 Å². The highest BCUT2D eigenvalue weighted by Crippen LogP contribution is 2.35. The minimum atomic E-state index is -0.284. The maximum Gasteiger partial charge on any atom is 0.0639 e. The second-order valence-corrected chi connectivity index (χ2v) is 6.40. The molecule has 1 N–H and O–H groups in total. The lowest BCUT2D eigenvalue weighted by atomic mass is 9.90. The number of likely N-dealkylation sites (tertiary alicyclic amines) is 1. The molecule has 1 aliphatic rings. The number of hydrogen-bond donors (Lipinski definition) is 1. The van der Waals surface area contributed by atoms with E-state index in [2.05, 4.69) is 72.5 Å². The predicted octanol–water partition coefficient (Wildman–Crippen LogP) is 3.96. The second-order valence-electron chi connectivity index (χ2n) is 6.40. The van der Waals surface area contributed by atoms with Crippen molar-refractivity contribution in [2.45, 2.75) is 32.4 Å². The van der Waals surface area contributed by atoms with E-state index in [1.165, 1.54) is 22.3 Å². The summed E-state index contributed by atoms with van der Waals surface area (Å²) >= 11 is 0. The van der Waals surface area contributed by atoms with Crippen LogP contribution in [0.3, 0.4) is 0 Å². The van der Waals surface area contributed by atoms with E-state index < -0.39 is 0 Å². The van der Waals surface area contributed by atoms with E-state index in [9.17, 15) is 5.11 Å². The van der Waals surface area contributed by atoms with Gasteiger partial charge >= 0.3 is 0 Å². The van der Waals surface area contributed by atoms with Crippen LogP contribution in [0.4, 0.5) is 0 Å². The Labute approximate surface area is 139 Å². The van der Waals surface area contributed by atoms with Gasteiger partial charge in [-0.1, -0.05) is 60.7 Å². The summed E-state index contributed by atoms with van der Waals surface area (Å²) in [5.74, 6) is 0. The number of β-amino-alcohol motifs (C(OH)–C–C–N with tert-alkyl or cyclic N) is 1. The van der Waals surface area contributed by atoms with Crippen LogP contribution in [0.1, 0.15) is 31.4 Å². The van der Waals surface area contributed by atoms with Crippen molar-refractivity contribution < 1.29 is 5.11 Å². The molecule has 2 atom stereocenters. The minimum absolute atomic E-state index is 0.284. The fourth-order valence-corrected chi connectivity index (χ4v) is 3.56. The normalized spacial score (nSPS) is 19.8. The molecular weight excluding hydrogens is 282 g/mol. The zero-order chi connectivity index (χ0) is 16.2. The van der Waals surface area contributed by atoms with Gasteiger partial charge in [0, 0.05) is 19.1 Å². The van der Waals surface area contributed by atoms with Crippen LogP contribution < -0.4 is 0 Å². The summed E-state index contributed by atoms with van der Waals surface area (Å²) in [7, 11) is 0. The summed E-state index contributed by atoms with van der Waals surface area (Å²) in [6, 6.07) is 21.7. The van der Waals surface area contributed by atoms with Crippen molar-refractivity contribution in [3.05, 3.63) is 77.4 Å². The first kappa shape index (κ1) is 16.0. The Morgan fingerprint density at radius 2 is 1.57 bits per heavy atom. The lowest BCUT2D eigenvalue weighted by molar-refractivity contribution is 0.127. The number of aliphatic hydroxyl groups excluding tert-OH is 1. The lowest BCUT2D eigenvalue weighted by Crippen LogP contribution is -2.34. The number of benzene rings is 2. The van der Waals surface area contributed by atoms with E-state index in [-0.39, 0.29) is 6.10 Å². The van der Waals surface area contributed by atoms with Crippen LogP contribution in [0, 0.1) is 0 Å². The number of aliphatic hydroxyl groups is 1. The van der Waals surface area contributed by atoms with Crippen LogP contribution in [0.5, 0.6) is 0 Å². The molecule has 1 fully saturated rings. The Hall–Kier alpha value is -1.90. The van der Waals surface area contributed by atoms with Crippen molar-refractivity contribution >= 4 is 5.57 Å². The summed E-state index contributed by atoms with van der Waals surface area (Å²) in [5, 5.41) is 9.73. The first-order valence-electron chi connectivity index (χ1n) is 8.43. The first-order valence-corrected chi connectivity index (χ1v) is 8.43. The Morgan fingerprint density at radius 1 is 1.04 bits per heavy atom. The van der Waals surface area contributed by atoms with Crippen LogP contribution >= 0.6 is 0 Å². The van der Waals surface area contributed by atoms with Crippen molar-refractivity contribution in [2.24, 2.45) is 0 Å². The van der Waals surface area contributed by atoms with Crippen molar-refractivity contribution in [3.63, 3.8) is 0 Å². The van der Waals surface area contributed by atoms with Gasteiger partial charge in [-0.3, -0.25) is 4.90 Å². The van der Waals surface area contributed by atoms with Gasteiger partial charge in [-0.15, -0.1) is 0 Å². The third-order valence-electron chi connectivity index (χ3n) is 4.67. The van der Waals surface area contributed by atoms with Gasteiger partial charge in [0.05, 0.1) is 6.10 Å². The molecule has 2 aromatic rings. The van der Waals surface area contributed by atoms with Crippen molar-refractivity contribution in [3.8, 4) is 0 Å².